The summed E-state index contributed by atoms with van der Waals surface area (Å²) in [5.74, 6) is -0.975. The molecule has 0 atom stereocenters. The SMILES string of the molecule is CC(C)(N)c1ccc(-c2ccc3cnccc3c2/C=C/C(=O)O)cc1. The summed E-state index contributed by atoms with van der Waals surface area (Å²) in [6.07, 6.45) is 6.29. The molecule has 0 saturated carbocycles. The average Bonchev–Trinajstić information content (AvgIpc) is 2.58. The lowest BCUT2D eigenvalue weighted by molar-refractivity contribution is -0.131. The summed E-state index contributed by atoms with van der Waals surface area (Å²) in [6, 6.07) is 13.9. The minimum absolute atomic E-state index is 0.403. The van der Waals surface area contributed by atoms with Gasteiger partial charge in [0.1, 0.15) is 0 Å². The molecule has 4 nitrogen and oxygen atoms in total. The molecule has 0 radical (unpaired) electrons. The third-order valence-electron chi connectivity index (χ3n) is 4.19. The summed E-state index contributed by atoms with van der Waals surface area (Å²) in [5, 5.41) is 11.0. The van der Waals surface area contributed by atoms with E-state index in [4.69, 9.17) is 10.8 Å². The van der Waals surface area contributed by atoms with Gasteiger partial charge >= 0.3 is 5.97 Å². The number of hydrogen-bond donors (Lipinski definition) is 2. The minimum Gasteiger partial charge on any atom is -0.478 e. The van der Waals surface area contributed by atoms with E-state index in [2.05, 4.69) is 4.98 Å². The maximum Gasteiger partial charge on any atom is 0.328 e. The molecule has 0 aliphatic rings. The van der Waals surface area contributed by atoms with Gasteiger partial charge in [0, 0.05) is 29.4 Å². The quantitative estimate of drug-likeness (QED) is 0.702. The molecule has 0 aliphatic heterocycles. The molecule has 25 heavy (non-hydrogen) atoms. The van der Waals surface area contributed by atoms with Crippen molar-refractivity contribution in [2.45, 2.75) is 19.4 Å². The number of pyridine rings is 1. The largest absolute Gasteiger partial charge is 0.478 e. The number of carbonyl (C=O) groups is 1. The van der Waals surface area contributed by atoms with Crippen LogP contribution in [0.15, 0.2) is 60.9 Å². The summed E-state index contributed by atoms with van der Waals surface area (Å²) in [4.78, 5) is 15.1. The highest BCUT2D eigenvalue weighted by Gasteiger charge is 2.14. The van der Waals surface area contributed by atoms with Crippen molar-refractivity contribution in [3.63, 3.8) is 0 Å². The van der Waals surface area contributed by atoms with Crippen molar-refractivity contribution in [1.29, 1.82) is 0 Å². The van der Waals surface area contributed by atoms with Crippen LogP contribution in [-0.2, 0) is 10.3 Å². The van der Waals surface area contributed by atoms with Crippen molar-refractivity contribution in [3.8, 4) is 11.1 Å². The van der Waals surface area contributed by atoms with Crippen molar-refractivity contribution in [1.82, 2.24) is 4.98 Å². The van der Waals surface area contributed by atoms with Crippen LogP contribution in [0.25, 0.3) is 28.0 Å². The van der Waals surface area contributed by atoms with Crippen molar-refractivity contribution in [3.05, 3.63) is 72.1 Å². The molecule has 3 aromatic rings. The second kappa shape index (κ2) is 6.49. The summed E-state index contributed by atoms with van der Waals surface area (Å²) in [5.41, 5.74) is 9.63. The Morgan fingerprint density at radius 1 is 1.12 bits per heavy atom. The first-order chi connectivity index (χ1) is 11.9. The minimum atomic E-state index is -0.975. The Balaban J connectivity index is 2.18. The number of rotatable bonds is 4. The number of nitrogens with zero attached hydrogens (tertiary/aromatic N) is 1. The van der Waals surface area contributed by atoms with Gasteiger partial charge in [0.15, 0.2) is 0 Å². The number of carboxylic acid groups (broad SMARTS) is 1. The number of benzene rings is 2. The van der Waals surface area contributed by atoms with Gasteiger partial charge in [0.2, 0.25) is 0 Å². The summed E-state index contributed by atoms with van der Waals surface area (Å²) in [6.45, 7) is 3.93. The molecule has 4 heteroatoms. The topological polar surface area (TPSA) is 76.2 Å². The Bertz CT molecular complexity index is 952. The molecule has 0 unspecified atom stereocenters. The molecule has 0 amide bonds. The monoisotopic (exact) mass is 332 g/mol. The number of aliphatic carboxylic acids is 1. The molecule has 0 spiro atoms. The molecule has 0 saturated heterocycles. The van der Waals surface area contributed by atoms with Crippen LogP contribution in [0, 0.1) is 0 Å². The van der Waals surface area contributed by atoms with Gasteiger partial charge in [-0.1, -0.05) is 36.4 Å². The number of fused-ring (bicyclic) bond motifs is 1. The third-order valence-corrected chi connectivity index (χ3v) is 4.19. The molecule has 3 rings (SSSR count). The first-order valence-electron chi connectivity index (χ1n) is 8.04. The number of carboxylic acids is 1. The summed E-state index contributed by atoms with van der Waals surface area (Å²) >= 11 is 0. The van der Waals surface area contributed by atoms with E-state index in [0.717, 1.165) is 39.1 Å². The Labute approximate surface area is 146 Å². The Morgan fingerprint density at radius 2 is 1.84 bits per heavy atom. The average molecular weight is 332 g/mol. The molecule has 3 N–H and O–H groups in total. The van der Waals surface area contributed by atoms with Crippen molar-refractivity contribution in [2.24, 2.45) is 5.73 Å². The van der Waals surface area contributed by atoms with Crippen molar-refractivity contribution in [2.75, 3.05) is 0 Å². The van der Waals surface area contributed by atoms with E-state index in [1.807, 2.05) is 56.3 Å². The zero-order valence-corrected chi connectivity index (χ0v) is 14.2. The molecule has 0 bridgehead atoms. The van der Waals surface area contributed by atoms with Crippen LogP contribution in [0.5, 0.6) is 0 Å². The number of aromatic nitrogens is 1. The number of hydrogen-bond acceptors (Lipinski definition) is 3. The lowest BCUT2D eigenvalue weighted by atomic mass is 9.91. The maximum absolute atomic E-state index is 11.0. The zero-order chi connectivity index (χ0) is 18.0. The fourth-order valence-corrected chi connectivity index (χ4v) is 2.86. The zero-order valence-electron chi connectivity index (χ0n) is 14.2. The van der Waals surface area contributed by atoms with Crippen LogP contribution in [0.2, 0.25) is 0 Å². The number of nitrogens with two attached hydrogens (primary N) is 1. The standard InChI is InChI=1S/C21H20N2O2/c1-21(2,22)16-6-3-14(4-7-16)17-8-5-15-13-23-12-11-18(15)19(17)9-10-20(24)25/h3-13H,22H2,1-2H3,(H,24,25)/b10-9+. The summed E-state index contributed by atoms with van der Waals surface area (Å²) < 4.78 is 0. The van der Waals surface area contributed by atoms with E-state index in [9.17, 15) is 4.79 Å². The Hall–Kier alpha value is -2.98. The van der Waals surface area contributed by atoms with Gasteiger partial charge < -0.3 is 10.8 Å². The van der Waals surface area contributed by atoms with E-state index in [1.165, 1.54) is 0 Å². The third kappa shape index (κ3) is 3.59. The van der Waals surface area contributed by atoms with Crippen molar-refractivity contribution >= 4 is 22.8 Å². The predicted molar refractivity (Wildman–Crippen MR) is 101 cm³/mol. The molecule has 126 valence electrons. The second-order valence-corrected chi connectivity index (χ2v) is 6.59. The first kappa shape index (κ1) is 16.9. The van der Waals surface area contributed by atoms with E-state index in [1.54, 1.807) is 18.5 Å². The van der Waals surface area contributed by atoms with Crippen LogP contribution in [-0.4, -0.2) is 16.1 Å². The lowest BCUT2D eigenvalue weighted by Crippen LogP contribution is -2.28. The highest BCUT2D eigenvalue weighted by molar-refractivity contribution is 5.99. The van der Waals surface area contributed by atoms with Gasteiger partial charge in [-0.05, 0) is 53.6 Å². The summed E-state index contributed by atoms with van der Waals surface area (Å²) in [7, 11) is 0. The molecule has 1 aromatic heterocycles. The van der Waals surface area contributed by atoms with Crippen LogP contribution in [0.3, 0.4) is 0 Å². The fourth-order valence-electron chi connectivity index (χ4n) is 2.86. The van der Waals surface area contributed by atoms with Gasteiger partial charge in [-0.25, -0.2) is 4.79 Å². The molecule has 2 aromatic carbocycles. The Kier molecular flexibility index (Phi) is 4.38. The molecular formula is C21H20N2O2. The van der Waals surface area contributed by atoms with Crippen LogP contribution >= 0.6 is 0 Å². The highest BCUT2D eigenvalue weighted by Crippen LogP contribution is 2.32. The smallest absolute Gasteiger partial charge is 0.328 e. The molecule has 0 fully saturated rings. The van der Waals surface area contributed by atoms with E-state index in [-0.39, 0.29) is 0 Å². The highest BCUT2D eigenvalue weighted by atomic mass is 16.4. The lowest BCUT2D eigenvalue weighted by Gasteiger charge is -2.19. The van der Waals surface area contributed by atoms with E-state index >= 15 is 0 Å². The van der Waals surface area contributed by atoms with Crippen LogP contribution < -0.4 is 5.73 Å². The van der Waals surface area contributed by atoms with Gasteiger partial charge in [0.25, 0.3) is 0 Å². The van der Waals surface area contributed by atoms with Gasteiger partial charge in [-0.15, -0.1) is 0 Å². The molecule has 1 heterocycles. The van der Waals surface area contributed by atoms with Gasteiger partial charge in [-0.2, -0.15) is 0 Å². The molecule has 0 aliphatic carbocycles. The fraction of sp³-hybridized carbons (Fsp3) is 0.143. The molecular weight excluding hydrogens is 312 g/mol. The maximum atomic E-state index is 11.0. The van der Waals surface area contributed by atoms with Gasteiger partial charge in [0.05, 0.1) is 0 Å². The predicted octanol–water partition coefficient (Wildman–Crippen LogP) is 4.19. The van der Waals surface area contributed by atoms with Crippen LogP contribution in [0.4, 0.5) is 0 Å². The first-order valence-corrected chi connectivity index (χ1v) is 8.04. The van der Waals surface area contributed by atoms with Crippen molar-refractivity contribution < 1.29 is 9.90 Å². The van der Waals surface area contributed by atoms with Gasteiger partial charge in [-0.3, -0.25) is 4.98 Å². The van der Waals surface area contributed by atoms with E-state index in [0.29, 0.717) is 0 Å². The normalized spacial score (nSPS) is 12.0. The Morgan fingerprint density at radius 3 is 2.48 bits per heavy atom. The second-order valence-electron chi connectivity index (χ2n) is 6.59. The van der Waals surface area contributed by atoms with E-state index < -0.39 is 11.5 Å². The van der Waals surface area contributed by atoms with Crippen LogP contribution in [0.1, 0.15) is 25.0 Å².